The molecule has 0 radical (unpaired) electrons. The van der Waals surface area contributed by atoms with Crippen molar-refractivity contribution in [2.24, 2.45) is 5.10 Å². The Balaban J connectivity index is 1.77. The van der Waals surface area contributed by atoms with Gasteiger partial charge in [-0.15, -0.1) is 0 Å². The topological polar surface area (TPSA) is 24.8 Å². The van der Waals surface area contributed by atoms with Crippen LogP contribution in [0.3, 0.4) is 0 Å². The first-order valence-electron chi connectivity index (χ1n) is 6.52. The van der Waals surface area contributed by atoms with Crippen molar-refractivity contribution in [2.75, 3.05) is 10.9 Å². The van der Waals surface area contributed by atoms with Gasteiger partial charge in [0.25, 0.3) is 0 Å². The van der Waals surface area contributed by atoms with Crippen LogP contribution >= 0.6 is 35.0 Å². The first kappa shape index (κ1) is 16.4. The molecule has 0 aromatic heterocycles. The maximum absolute atomic E-state index is 12.1. The highest BCUT2D eigenvalue weighted by atomic mass is 35.5. The smallest absolute Gasteiger partial charge is 0.387 e. The molecule has 2 aromatic rings. The van der Waals surface area contributed by atoms with Crippen LogP contribution in [0.25, 0.3) is 0 Å². The minimum absolute atomic E-state index is 0.119. The Morgan fingerprint density at radius 3 is 2.48 bits per heavy atom. The summed E-state index contributed by atoms with van der Waals surface area (Å²) >= 11 is 13.5. The summed E-state index contributed by atoms with van der Waals surface area (Å²) < 4.78 is 28.6. The number of halogens is 4. The van der Waals surface area contributed by atoms with E-state index in [1.165, 1.54) is 23.9 Å². The molecule has 1 aliphatic rings. The summed E-state index contributed by atoms with van der Waals surface area (Å²) in [6.07, 6.45) is 0. The van der Waals surface area contributed by atoms with Gasteiger partial charge in [0, 0.05) is 5.56 Å². The molecule has 0 unspecified atom stereocenters. The molecular formula is C15H10Cl2F2N2OS. The summed E-state index contributed by atoms with van der Waals surface area (Å²) in [7, 11) is 0. The number of anilines is 1. The highest BCUT2D eigenvalue weighted by Crippen LogP contribution is 2.32. The molecule has 0 bridgehead atoms. The van der Waals surface area contributed by atoms with E-state index in [1.807, 2.05) is 6.07 Å². The normalized spacial score (nSPS) is 14.3. The Morgan fingerprint density at radius 1 is 1.09 bits per heavy atom. The van der Waals surface area contributed by atoms with E-state index in [0.29, 0.717) is 15.9 Å². The Morgan fingerprint density at radius 2 is 1.83 bits per heavy atom. The average Bonchev–Trinajstić information content (AvgIpc) is 3.00. The van der Waals surface area contributed by atoms with Gasteiger partial charge in [-0.1, -0.05) is 35.0 Å². The van der Waals surface area contributed by atoms with Gasteiger partial charge in [-0.2, -0.15) is 13.9 Å². The predicted octanol–water partition coefficient (Wildman–Crippen LogP) is 5.47. The Labute approximate surface area is 145 Å². The molecule has 3 rings (SSSR count). The minimum Gasteiger partial charge on any atom is -0.435 e. The van der Waals surface area contributed by atoms with Gasteiger partial charge in [0.05, 0.1) is 21.6 Å². The molecule has 0 aliphatic carbocycles. The highest BCUT2D eigenvalue weighted by Gasteiger charge is 2.19. The Hall–Kier alpha value is -1.50. The number of hydrogen-bond acceptors (Lipinski definition) is 4. The number of rotatable bonds is 4. The number of alkyl halides is 2. The van der Waals surface area contributed by atoms with Crippen LogP contribution < -0.4 is 9.75 Å². The maximum Gasteiger partial charge on any atom is 0.387 e. The van der Waals surface area contributed by atoms with Crippen molar-refractivity contribution in [3.63, 3.8) is 0 Å². The quantitative estimate of drug-likeness (QED) is 0.709. The van der Waals surface area contributed by atoms with Gasteiger partial charge in [-0.05, 0) is 42.5 Å². The third-order valence-corrected chi connectivity index (χ3v) is 4.77. The molecule has 23 heavy (non-hydrogen) atoms. The Kier molecular flexibility index (Phi) is 4.94. The molecule has 0 saturated carbocycles. The first-order chi connectivity index (χ1) is 11.0. The largest absolute Gasteiger partial charge is 0.435 e. The van der Waals surface area contributed by atoms with E-state index >= 15 is 0 Å². The summed E-state index contributed by atoms with van der Waals surface area (Å²) in [5.41, 5.74) is 1.67. The van der Waals surface area contributed by atoms with E-state index in [1.54, 1.807) is 29.3 Å². The van der Waals surface area contributed by atoms with Crippen LogP contribution in [-0.2, 0) is 0 Å². The van der Waals surface area contributed by atoms with Gasteiger partial charge >= 0.3 is 6.61 Å². The zero-order valence-electron chi connectivity index (χ0n) is 11.5. The van der Waals surface area contributed by atoms with Crippen molar-refractivity contribution in [1.82, 2.24) is 0 Å². The van der Waals surface area contributed by atoms with Crippen molar-refractivity contribution in [3.8, 4) is 5.75 Å². The molecule has 8 heteroatoms. The van der Waals surface area contributed by atoms with E-state index in [2.05, 4.69) is 9.84 Å². The molecule has 3 nitrogen and oxygen atoms in total. The van der Waals surface area contributed by atoms with Crippen LogP contribution in [0.15, 0.2) is 47.6 Å². The zero-order valence-corrected chi connectivity index (χ0v) is 13.9. The molecule has 120 valence electrons. The standard InChI is InChI=1S/C15H10Cl2F2N2OS/c16-12-6-3-10(7-13(12)17)21-8-23-14(20-21)9-1-4-11(5-2-9)22-15(18)19/h1-7,15H,8H2. The van der Waals surface area contributed by atoms with E-state index in [-0.39, 0.29) is 5.75 Å². The fourth-order valence-electron chi connectivity index (χ4n) is 1.99. The number of benzene rings is 2. The van der Waals surface area contributed by atoms with Crippen molar-refractivity contribution in [2.45, 2.75) is 6.61 Å². The monoisotopic (exact) mass is 374 g/mol. The van der Waals surface area contributed by atoms with Crippen molar-refractivity contribution < 1.29 is 13.5 Å². The number of hydrogen-bond donors (Lipinski definition) is 0. The van der Waals surface area contributed by atoms with Gasteiger partial charge in [0.2, 0.25) is 0 Å². The van der Waals surface area contributed by atoms with E-state index in [0.717, 1.165) is 16.3 Å². The van der Waals surface area contributed by atoms with Crippen molar-refractivity contribution in [1.29, 1.82) is 0 Å². The van der Waals surface area contributed by atoms with Crippen molar-refractivity contribution in [3.05, 3.63) is 58.1 Å². The van der Waals surface area contributed by atoms with Crippen molar-refractivity contribution >= 4 is 45.7 Å². The van der Waals surface area contributed by atoms with E-state index in [4.69, 9.17) is 23.2 Å². The number of nitrogens with zero attached hydrogens (tertiary/aromatic N) is 2. The molecular weight excluding hydrogens is 365 g/mol. The molecule has 0 saturated heterocycles. The van der Waals surface area contributed by atoms with Crippen LogP contribution in [0.4, 0.5) is 14.5 Å². The molecule has 0 fully saturated rings. The lowest BCUT2D eigenvalue weighted by atomic mass is 10.2. The molecule has 2 aromatic carbocycles. The van der Waals surface area contributed by atoms with Crippen LogP contribution in [0.5, 0.6) is 5.75 Å². The SMILES string of the molecule is FC(F)Oc1ccc(C2=NN(c3ccc(Cl)c(Cl)c3)CS2)cc1. The van der Waals surface area contributed by atoms with E-state index < -0.39 is 6.61 Å². The second kappa shape index (κ2) is 6.95. The molecule has 0 N–H and O–H groups in total. The zero-order chi connectivity index (χ0) is 16.4. The minimum atomic E-state index is -2.83. The summed E-state index contributed by atoms with van der Waals surface area (Å²) in [4.78, 5) is 0. The van der Waals surface area contributed by atoms with Crippen LogP contribution in [0, 0.1) is 0 Å². The third-order valence-electron chi connectivity index (χ3n) is 3.06. The summed E-state index contributed by atoms with van der Waals surface area (Å²) in [6, 6.07) is 11.7. The second-order valence-corrected chi connectivity index (χ2v) is 6.33. The summed E-state index contributed by atoms with van der Waals surface area (Å²) in [5.74, 6) is 0.747. The molecule has 0 amide bonds. The van der Waals surface area contributed by atoms with E-state index in [9.17, 15) is 8.78 Å². The number of thioether (sulfide) groups is 1. The van der Waals surface area contributed by atoms with Gasteiger partial charge < -0.3 is 4.74 Å². The lowest BCUT2D eigenvalue weighted by molar-refractivity contribution is -0.0498. The Bertz CT molecular complexity index is 741. The maximum atomic E-state index is 12.1. The van der Waals surface area contributed by atoms with Crippen LogP contribution in [0.1, 0.15) is 5.56 Å². The van der Waals surface area contributed by atoms with Gasteiger partial charge in [0.1, 0.15) is 10.8 Å². The van der Waals surface area contributed by atoms with Gasteiger partial charge in [-0.25, -0.2) is 0 Å². The average molecular weight is 375 g/mol. The second-order valence-electron chi connectivity index (χ2n) is 4.58. The lowest BCUT2D eigenvalue weighted by Crippen LogP contribution is -2.10. The van der Waals surface area contributed by atoms with Crippen LogP contribution in [0.2, 0.25) is 10.0 Å². The summed E-state index contributed by atoms with van der Waals surface area (Å²) in [6.45, 7) is -2.83. The molecule has 1 aliphatic heterocycles. The third kappa shape index (κ3) is 3.88. The fraction of sp³-hybridized carbons (Fsp3) is 0.133. The summed E-state index contributed by atoms with van der Waals surface area (Å²) in [5, 5.41) is 8.05. The molecule has 0 spiro atoms. The molecule has 0 atom stereocenters. The molecule has 1 heterocycles. The first-order valence-corrected chi connectivity index (χ1v) is 8.26. The highest BCUT2D eigenvalue weighted by molar-refractivity contribution is 8.14. The van der Waals surface area contributed by atoms with Crippen LogP contribution in [-0.4, -0.2) is 17.5 Å². The van der Waals surface area contributed by atoms with Gasteiger partial charge in [-0.3, -0.25) is 5.01 Å². The fourth-order valence-corrected chi connectivity index (χ4v) is 3.19. The predicted molar refractivity (Wildman–Crippen MR) is 91.0 cm³/mol. The number of ether oxygens (including phenoxy) is 1. The number of hydrazone groups is 1. The lowest BCUT2D eigenvalue weighted by Gasteiger charge is -2.13. The van der Waals surface area contributed by atoms with Gasteiger partial charge in [0.15, 0.2) is 0 Å².